The quantitative estimate of drug-likeness (QED) is 0.734. The number of nitrogens with two attached hydrogens (primary N) is 1. The predicted molar refractivity (Wildman–Crippen MR) is 63.9 cm³/mol. The van der Waals surface area contributed by atoms with Gasteiger partial charge in [-0.25, -0.2) is 0 Å². The summed E-state index contributed by atoms with van der Waals surface area (Å²) in [6, 6.07) is -0.388. The molecule has 0 aromatic carbocycles. The number of carbonyl (C=O) groups is 1. The SMILES string of the molecule is CCCC[C@H](N)C(=O)N1CCCCC1CO. The van der Waals surface area contributed by atoms with E-state index >= 15 is 0 Å². The molecule has 1 fully saturated rings. The van der Waals surface area contributed by atoms with Crippen LogP contribution in [0.5, 0.6) is 0 Å². The summed E-state index contributed by atoms with van der Waals surface area (Å²) in [5.41, 5.74) is 5.88. The van der Waals surface area contributed by atoms with Crippen molar-refractivity contribution in [2.75, 3.05) is 13.2 Å². The fourth-order valence-corrected chi connectivity index (χ4v) is 2.24. The third-order valence-corrected chi connectivity index (χ3v) is 3.31. The molecule has 1 rings (SSSR count). The van der Waals surface area contributed by atoms with Crippen molar-refractivity contribution in [1.82, 2.24) is 4.90 Å². The van der Waals surface area contributed by atoms with E-state index in [1.807, 2.05) is 0 Å². The topological polar surface area (TPSA) is 66.6 Å². The minimum atomic E-state index is -0.382. The number of carbonyl (C=O) groups excluding carboxylic acids is 1. The molecule has 4 heteroatoms. The van der Waals surface area contributed by atoms with Crippen molar-refractivity contribution < 1.29 is 9.90 Å². The van der Waals surface area contributed by atoms with Crippen LogP contribution in [0.1, 0.15) is 45.4 Å². The third kappa shape index (κ3) is 3.46. The minimum Gasteiger partial charge on any atom is -0.394 e. The van der Waals surface area contributed by atoms with Gasteiger partial charge < -0.3 is 15.7 Å². The molecule has 0 saturated carbocycles. The number of hydrogen-bond donors (Lipinski definition) is 2. The van der Waals surface area contributed by atoms with Crippen LogP contribution in [0.25, 0.3) is 0 Å². The third-order valence-electron chi connectivity index (χ3n) is 3.31. The first-order valence-electron chi connectivity index (χ1n) is 6.37. The zero-order valence-corrected chi connectivity index (χ0v) is 10.2. The van der Waals surface area contributed by atoms with Crippen LogP contribution in [0, 0.1) is 0 Å². The normalized spacial score (nSPS) is 23.2. The van der Waals surface area contributed by atoms with Gasteiger partial charge in [0.2, 0.25) is 5.91 Å². The highest BCUT2D eigenvalue weighted by Gasteiger charge is 2.28. The van der Waals surface area contributed by atoms with E-state index in [9.17, 15) is 9.90 Å². The minimum absolute atomic E-state index is 0.00562. The Balaban J connectivity index is 2.49. The molecule has 1 aliphatic heterocycles. The van der Waals surface area contributed by atoms with Gasteiger partial charge >= 0.3 is 0 Å². The Kier molecular flexibility index (Phi) is 5.77. The lowest BCUT2D eigenvalue weighted by molar-refractivity contribution is -0.137. The molecule has 0 radical (unpaired) electrons. The maximum atomic E-state index is 12.1. The van der Waals surface area contributed by atoms with Crippen LogP contribution in [-0.4, -0.2) is 41.1 Å². The van der Waals surface area contributed by atoms with E-state index in [4.69, 9.17) is 5.73 Å². The van der Waals surface area contributed by atoms with Crippen LogP contribution in [0.15, 0.2) is 0 Å². The largest absolute Gasteiger partial charge is 0.394 e. The van der Waals surface area contributed by atoms with Gasteiger partial charge in [0.05, 0.1) is 18.7 Å². The molecular weight excluding hydrogens is 204 g/mol. The van der Waals surface area contributed by atoms with Crippen LogP contribution in [0.4, 0.5) is 0 Å². The summed E-state index contributed by atoms with van der Waals surface area (Å²) >= 11 is 0. The molecule has 0 aromatic heterocycles. The highest BCUT2D eigenvalue weighted by molar-refractivity contribution is 5.82. The van der Waals surface area contributed by atoms with Gasteiger partial charge in [-0.1, -0.05) is 19.8 Å². The lowest BCUT2D eigenvalue weighted by Crippen LogP contribution is -2.51. The van der Waals surface area contributed by atoms with Gasteiger partial charge in [0.15, 0.2) is 0 Å². The van der Waals surface area contributed by atoms with Crippen molar-refractivity contribution >= 4 is 5.91 Å². The van der Waals surface area contributed by atoms with Crippen LogP contribution < -0.4 is 5.73 Å². The second kappa shape index (κ2) is 6.86. The Labute approximate surface area is 97.8 Å². The summed E-state index contributed by atoms with van der Waals surface area (Å²) < 4.78 is 0. The van der Waals surface area contributed by atoms with Crippen LogP contribution in [-0.2, 0) is 4.79 Å². The summed E-state index contributed by atoms with van der Waals surface area (Å²) in [5.74, 6) is 0.0206. The van der Waals surface area contributed by atoms with Crippen LogP contribution in [0.3, 0.4) is 0 Å². The van der Waals surface area contributed by atoms with E-state index in [0.717, 1.165) is 45.1 Å². The summed E-state index contributed by atoms with van der Waals surface area (Å²) in [5, 5.41) is 9.23. The number of likely N-dealkylation sites (tertiary alicyclic amines) is 1. The maximum Gasteiger partial charge on any atom is 0.239 e. The van der Waals surface area contributed by atoms with E-state index in [1.165, 1.54) is 0 Å². The van der Waals surface area contributed by atoms with Gasteiger partial charge in [0, 0.05) is 6.54 Å². The lowest BCUT2D eigenvalue weighted by Gasteiger charge is -2.36. The average Bonchev–Trinajstić information content (AvgIpc) is 2.34. The Morgan fingerprint density at radius 3 is 2.94 bits per heavy atom. The van der Waals surface area contributed by atoms with Crippen molar-refractivity contribution in [2.45, 2.75) is 57.5 Å². The number of rotatable bonds is 5. The number of aliphatic hydroxyl groups excluding tert-OH is 1. The smallest absolute Gasteiger partial charge is 0.239 e. The molecule has 0 bridgehead atoms. The summed E-state index contributed by atoms with van der Waals surface area (Å²) in [4.78, 5) is 13.8. The van der Waals surface area contributed by atoms with Gasteiger partial charge in [-0.05, 0) is 25.7 Å². The van der Waals surface area contributed by atoms with E-state index in [-0.39, 0.29) is 24.6 Å². The van der Waals surface area contributed by atoms with Crippen molar-refractivity contribution in [1.29, 1.82) is 0 Å². The summed E-state index contributed by atoms with van der Waals surface area (Å²) in [6.45, 7) is 2.91. The number of amides is 1. The molecule has 1 unspecified atom stereocenters. The molecule has 0 spiro atoms. The van der Waals surface area contributed by atoms with Gasteiger partial charge in [-0.3, -0.25) is 4.79 Å². The summed E-state index contributed by atoms with van der Waals surface area (Å²) in [7, 11) is 0. The van der Waals surface area contributed by atoms with Crippen molar-refractivity contribution in [3.63, 3.8) is 0 Å². The Morgan fingerprint density at radius 1 is 1.56 bits per heavy atom. The summed E-state index contributed by atoms with van der Waals surface area (Å²) in [6.07, 6.45) is 5.84. The number of unbranched alkanes of at least 4 members (excludes halogenated alkanes) is 1. The molecule has 0 aromatic rings. The van der Waals surface area contributed by atoms with Crippen molar-refractivity contribution in [2.24, 2.45) is 5.73 Å². The highest BCUT2D eigenvalue weighted by Crippen LogP contribution is 2.18. The standard InChI is InChI=1S/C12H24N2O2/c1-2-3-7-11(13)12(16)14-8-5-4-6-10(14)9-15/h10-11,15H,2-9,13H2,1H3/t10?,11-/m0/s1. The Hall–Kier alpha value is -0.610. The van der Waals surface area contributed by atoms with Crippen LogP contribution >= 0.6 is 0 Å². The van der Waals surface area contributed by atoms with E-state index in [1.54, 1.807) is 4.90 Å². The number of nitrogens with zero attached hydrogens (tertiary/aromatic N) is 1. The molecule has 1 heterocycles. The van der Waals surface area contributed by atoms with Gasteiger partial charge in [0.1, 0.15) is 0 Å². The molecule has 94 valence electrons. The monoisotopic (exact) mass is 228 g/mol. The lowest BCUT2D eigenvalue weighted by atomic mass is 10.0. The molecule has 1 amide bonds. The zero-order chi connectivity index (χ0) is 12.0. The first-order chi connectivity index (χ1) is 7.70. The van der Waals surface area contributed by atoms with Crippen molar-refractivity contribution in [3.8, 4) is 0 Å². The number of hydrogen-bond acceptors (Lipinski definition) is 3. The molecule has 16 heavy (non-hydrogen) atoms. The van der Waals surface area contributed by atoms with E-state index < -0.39 is 0 Å². The zero-order valence-electron chi connectivity index (χ0n) is 10.2. The van der Waals surface area contributed by atoms with Gasteiger partial charge in [-0.2, -0.15) is 0 Å². The fourth-order valence-electron chi connectivity index (χ4n) is 2.24. The predicted octanol–water partition coefficient (Wildman–Crippen LogP) is 0.877. The van der Waals surface area contributed by atoms with Crippen molar-refractivity contribution in [3.05, 3.63) is 0 Å². The van der Waals surface area contributed by atoms with Crippen LogP contribution in [0.2, 0.25) is 0 Å². The molecular formula is C12H24N2O2. The molecule has 0 aliphatic carbocycles. The average molecular weight is 228 g/mol. The Morgan fingerprint density at radius 2 is 2.31 bits per heavy atom. The molecule has 4 nitrogen and oxygen atoms in total. The number of aliphatic hydroxyl groups is 1. The van der Waals surface area contributed by atoms with Gasteiger partial charge in [-0.15, -0.1) is 0 Å². The second-order valence-corrected chi connectivity index (χ2v) is 4.61. The van der Waals surface area contributed by atoms with E-state index in [0.29, 0.717) is 0 Å². The Bertz CT molecular complexity index is 221. The first kappa shape index (κ1) is 13.5. The molecule has 1 saturated heterocycles. The maximum absolute atomic E-state index is 12.1. The first-order valence-corrected chi connectivity index (χ1v) is 6.37. The second-order valence-electron chi connectivity index (χ2n) is 4.61. The molecule has 2 atom stereocenters. The fraction of sp³-hybridized carbons (Fsp3) is 0.917. The highest BCUT2D eigenvalue weighted by atomic mass is 16.3. The molecule has 1 aliphatic rings. The number of piperidine rings is 1. The molecule has 3 N–H and O–H groups in total. The van der Waals surface area contributed by atoms with Gasteiger partial charge in [0.25, 0.3) is 0 Å². The van der Waals surface area contributed by atoms with E-state index in [2.05, 4.69) is 6.92 Å².